The maximum atomic E-state index is 5.65. The number of nitrogens with one attached hydrogen (secondary N) is 1. The summed E-state index contributed by atoms with van der Waals surface area (Å²) in [5.74, 6) is 1.85. The number of ether oxygens (including phenoxy) is 2. The Balaban J connectivity index is 1.65. The fraction of sp³-hybridized carbons (Fsp3) is 0.400. The summed E-state index contributed by atoms with van der Waals surface area (Å²) >= 11 is 0. The molecule has 0 aromatic heterocycles. The van der Waals surface area contributed by atoms with Crippen LogP contribution in [0.1, 0.15) is 11.1 Å². The van der Waals surface area contributed by atoms with Crippen LogP contribution in [0.5, 0.6) is 11.5 Å². The molecule has 1 aliphatic heterocycles. The number of para-hydroxylation sites is 1. The second-order valence-corrected chi connectivity index (χ2v) is 6.33. The number of methoxy groups -OCH3 is 2. The van der Waals surface area contributed by atoms with Crippen molar-refractivity contribution in [2.45, 2.75) is 13.5 Å². The van der Waals surface area contributed by atoms with Gasteiger partial charge in [-0.05, 0) is 31.2 Å². The summed E-state index contributed by atoms with van der Waals surface area (Å²) in [6.45, 7) is 7.53. The zero-order valence-electron chi connectivity index (χ0n) is 14.8. The van der Waals surface area contributed by atoms with Crippen LogP contribution >= 0.6 is 0 Å². The normalized spacial score (nSPS) is 15.4. The number of hydrogen-bond donors (Lipinski definition) is 1. The van der Waals surface area contributed by atoms with E-state index in [1.54, 1.807) is 19.1 Å². The van der Waals surface area contributed by atoms with Crippen molar-refractivity contribution in [3.05, 3.63) is 53.6 Å². The number of nitrogens with zero attached hydrogens (tertiary/aromatic N) is 1. The largest absolute Gasteiger partial charge is 0.496 e. The van der Waals surface area contributed by atoms with E-state index in [1.807, 2.05) is 6.07 Å². The van der Waals surface area contributed by atoms with Gasteiger partial charge in [0.15, 0.2) is 0 Å². The Hall–Kier alpha value is -2.20. The SMILES string of the molecule is COc1ccc(C[NH+]2CCN(c3ccccc3)CC2)c(OC)c1C. The van der Waals surface area contributed by atoms with Crippen LogP contribution in [0.25, 0.3) is 0 Å². The van der Waals surface area contributed by atoms with Crippen LogP contribution in [0.15, 0.2) is 42.5 Å². The average Bonchev–Trinajstić information content (AvgIpc) is 2.63. The Morgan fingerprint density at radius 2 is 1.67 bits per heavy atom. The summed E-state index contributed by atoms with van der Waals surface area (Å²) in [7, 11) is 3.45. The summed E-state index contributed by atoms with van der Waals surface area (Å²) in [6, 6.07) is 14.9. The van der Waals surface area contributed by atoms with E-state index in [0.717, 1.165) is 49.8 Å². The van der Waals surface area contributed by atoms with Gasteiger partial charge in [0, 0.05) is 16.8 Å². The maximum Gasteiger partial charge on any atom is 0.134 e. The van der Waals surface area contributed by atoms with E-state index in [1.165, 1.54) is 11.3 Å². The number of rotatable bonds is 5. The van der Waals surface area contributed by atoms with Crippen LogP contribution in [0.3, 0.4) is 0 Å². The number of anilines is 1. The minimum absolute atomic E-state index is 0.888. The molecule has 0 bridgehead atoms. The topological polar surface area (TPSA) is 26.1 Å². The van der Waals surface area contributed by atoms with Crippen molar-refractivity contribution >= 4 is 5.69 Å². The predicted molar refractivity (Wildman–Crippen MR) is 97.3 cm³/mol. The number of benzene rings is 2. The van der Waals surface area contributed by atoms with Crippen LogP contribution in [0.2, 0.25) is 0 Å². The van der Waals surface area contributed by atoms with E-state index in [9.17, 15) is 0 Å². The molecule has 1 fully saturated rings. The van der Waals surface area contributed by atoms with Crippen molar-refractivity contribution in [3.63, 3.8) is 0 Å². The van der Waals surface area contributed by atoms with Gasteiger partial charge in [-0.15, -0.1) is 0 Å². The standard InChI is InChI=1S/C20H26N2O2/c1-16-19(23-2)10-9-17(20(16)24-3)15-21-11-13-22(14-12-21)18-7-5-4-6-8-18/h4-10H,11-15H2,1-3H3/p+1. The summed E-state index contributed by atoms with van der Waals surface area (Å²) < 4.78 is 11.0. The molecule has 1 N–H and O–H groups in total. The van der Waals surface area contributed by atoms with Crippen molar-refractivity contribution in [1.82, 2.24) is 0 Å². The van der Waals surface area contributed by atoms with Gasteiger partial charge in [-0.1, -0.05) is 18.2 Å². The smallest absolute Gasteiger partial charge is 0.134 e. The lowest BCUT2D eigenvalue weighted by atomic mass is 10.1. The van der Waals surface area contributed by atoms with E-state index in [-0.39, 0.29) is 0 Å². The van der Waals surface area contributed by atoms with Crippen molar-refractivity contribution in [2.24, 2.45) is 0 Å². The number of hydrogen-bond acceptors (Lipinski definition) is 3. The summed E-state index contributed by atoms with van der Waals surface area (Å²) in [5, 5.41) is 0. The molecule has 1 aliphatic rings. The van der Waals surface area contributed by atoms with Gasteiger partial charge in [-0.25, -0.2) is 0 Å². The molecular weight excluding hydrogens is 300 g/mol. The molecule has 24 heavy (non-hydrogen) atoms. The molecule has 4 nitrogen and oxygen atoms in total. The van der Waals surface area contributed by atoms with Gasteiger partial charge in [0.25, 0.3) is 0 Å². The van der Waals surface area contributed by atoms with Crippen LogP contribution in [-0.4, -0.2) is 40.4 Å². The molecule has 0 atom stereocenters. The summed E-state index contributed by atoms with van der Waals surface area (Å²) in [4.78, 5) is 4.07. The summed E-state index contributed by atoms with van der Waals surface area (Å²) in [6.07, 6.45) is 0. The first-order valence-corrected chi connectivity index (χ1v) is 8.57. The Morgan fingerprint density at radius 3 is 2.29 bits per heavy atom. The first-order chi connectivity index (χ1) is 11.7. The fourth-order valence-corrected chi connectivity index (χ4v) is 3.54. The monoisotopic (exact) mass is 327 g/mol. The molecule has 4 heteroatoms. The minimum atomic E-state index is 0.888. The third-order valence-corrected chi connectivity index (χ3v) is 4.89. The number of piperazine rings is 1. The van der Waals surface area contributed by atoms with E-state index in [4.69, 9.17) is 9.47 Å². The zero-order valence-corrected chi connectivity index (χ0v) is 14.8. The third-order valence-electron chi connectivity index (χ3n) is 4.89. The summed E-state index contributed by atoms with van der Waals surface area (Å²) in [5.41, 5.74) is 3.67. The average molecular weight is 327 g/mol. The quantitative estimate of drug-likeness (QED) is 0.909. The molecule has 3 rings (SSSR count). The Kier molecular flexibility index (Phi) is 5.26. The second-order valence-electron chi connectivity index (χ2n) is 6.33. The van der Waals surface area contributed by atoms with Gasteiger partial charge in [-0.3, -0.25) is 0 Å². The molecule has 2 aromatic carbocycles. The van der Waals surface area contributed by atoms with Gasteiger partial charge in [0.1, 0.15) is 18.0 Å². The molecule has 0 unspecified atom stereocenters. The molecular formula is C20H27N2O2+. The molecule has 2 aromatic rings. The Bertz CT molecular complexity index is 665. The maximum absolute atomic E-state index is 5.65. The lowest BCUT2D eigenvalue weighted by molar-refractivity contribution is -0.914. The molecule has 0 saturated carbocycles. The van der Waals surface area contributed by atoms with Gasteiger partial charge >= 0.3 is 0 Å². The third kappa shape index (κ3) is 3.49. The first-order valence-electron chi connectivity index (χ1n) is 8.57. The molecule has 1 heterocycles. The van der Waals surface area contributed by atoms with Gasteiger partial charge in [-0.2, -0.15) is 0 Å². The van der Waals surface area contributed by atoms with Crippen LogP contribution in [0, 0.1) is 6.92 Å². The molecule has 1 saturated heterocycles. The second kappa shape index (κ2) is 7.58. The molecule has 0 radical (unpaired) electrons. The van der Waals surface area contributed by atoms with E-state index >= 15 is 0 Å². The van der Waals surface area contributed by atoms with Crippen molar-refractivity contribution < 1.29 is 14.4 Å². The van der Waals surface area contributed by atoms with Crippen LogP contribution in [0.4, 0.5) is 5.69 Å². The molecule has 0 spiro atoms. The van der Waals surface area contributed by atoms with Crippen LogP contribution < -0.4 is 19.3 Å². The van der Waals surface area contributed by atoms with Crippen molar-refractivity contribution in [1.29, 1.82) is 0 Å². The first kappa shape index (κ1) is 16.7. The number of quaternary nitrogens is 1. The Labute approximate surface area is 144 Å². The highest BCUT2D eigenvalue weighted by Gasteiger charge is 2.22. The highest BCUT2D eigenvalue weighted by Crippen LogP contribution is 2.30. The van der Waals surface area contributed by atoms with Gasteiger partial charge in [0.2, 0.25) is 0 Å². The highest BCUT2D eigenvalue weighted by atomic mass is 16.5. The molecule has 128 valence electrons. The van der Waals surface area contributed by atoms with E-state index < -0.39 is 0 Å². The lowest BCUT2D eigenvalue weighted by Gasteiger charge is -2.34. The molecule has 0 aliphatic carbocycles. The molecule has 0 amide bonds. The van der Waals surface area contributed by atoms with Crippen molar-refractivity contribution in [2.75, 3.05) is 45.3 Å². The fourth-order valence-electron chi connectivity index (χ4n) is 3.54. The highest BCUT2D eigenvalue weighted by molar-refractivity contribution is 5.49. The van der Waals surface area contributed by atoms with Crippen molar-refractivity contribution in [3.8, 4) is 11.5 Å². The van der Waals surface area contributed by atoms with Crippen LogP contribution in [-0.2, 0) is 6.54 Å². The minimum Gasteiger partial charge on any atom is -0.496 e. The van der Waals surface area contributed by atoms with E-state index in [2.05, 4.69) is 48.2 Å². The lowest BCUT2D eigenvalue weighted by Crippen LogP contribution is -3.13. The van der Waals surface area contributed by atoms with E-state index in [0.29, 0.717) is 0 Å². The van der Waals surface area contributed by atoms with Gasteiger partial charge in [0.05, 0.1) is 40.4 Å². The predicted octanol–water partition coefficient (Wildman–Crippen LogP) is 1.92. The Morgan fingerprint density at radius 1 is 0.958 bits per heavy atom. The van der Waals surface area contributed by atoms with Gasteiger partial charge < -0.3 is 19.3 Å². The zero-order chi connectivity index (χ0) is 16.9.